The number of benzene rings is 8. The van der Waals surface area contributed by atoms with Gasteiger partial charge in [0, 0.05) is 5.41 Å². The number of hydrogen-bond acceptors (Lipinski definition) is 0. The molecule has 0 unspecified atom stereocenters. The molecule has 8 aromatic rings. The summed E-state index contributed by atoms with van der Waals surface area (Å²) < 4.78 is 0. The Balaban J connectivity index is 1.01. The fraction of sp³-hybridized carbons (Fsp3) is 0.0638. The Morgan fingerprint density at radius 2 is 0.787 bits per heavy atom. The van der Waals surface area contributed by atoms with Gasteiger partial charge in [-0.2, -0.15) is 0 Å². The zero-order valence-electron chi connectivity index (χ0n) is 26.5. The molecule has 0 N–H and O–H groups in total. The molecular weight excluding hydrogens is 565 g/mol. The summed E-state index contributed by atoms with van der Waals surface area (Å²) in [6.07, 6.45) is 0. The quantitative estimate of drug-likeness (QED) is 0.190. The number of rotatable bonds is 3. The van der Waals surface area contributed by atoms with Gasteiger partial charge >= 0.3 is 0 Å². The maximum atomic E-state index is 2.43. The molecule has 47 heavy (non-hydrogen) atoms. The molecule has 2 aliphatic rings. The molecule has 0 amide bonds. The lowest BCUT2D eigenvalue weighted by Crippen LogP contribution is -2.15. The maximum Gasteiger partial charge on any atom is 0.0159 e. The molecule has 0 radical (unpaired) electrons. The molecule has 0 heteroatoms. The second-order valence-corrected chi connectivity index (χ2v) is 13.7. The summed E-state index contributed by atoms with van der Waals surface area (Å²) in [6.45, 7) is 4.76. The van der Waals surface area contributed by atoms with Gasteiger partial charge in [0.15, 0.2) is 0 Å². The van der Waals surface area contributed by atoms with E-state index in [0.29, 0.717) is 0 Å². The van der Waals surface area contributed by atoms with Gasteiger partial charge in [-0.25, -0.2) is 0 Å². The third kappa shape index (κ3) is 3.76. The summed E-state index contributed by atoms with van der Waals surface area (Å²) in [7, 11) is 0. The van der Waals surface area contributed by atoms with Crippen LogP contribution in [0, 0.1) is 0 Å². The van der Waals surface area contributed by atoms with Gasteiger partial charge in [0.2, 0.25) is 0 Å². The van der Waals surface area contributed by atoms with E-state index in [4.69, 9.17) is 0 Å². The first-order chi connectivity index (χ1) is 23.1. The first-order valence-electron chi connectivity index (χ1n) is 16.6. The molecule has 0 aliphatic heterocycles. The summed E-state index contributed by atoms with van der Waals surface area (Å²) in [6, 6.07) is 58.8. The number of fused-ring (bicyclic) bond motifs is 7. The van der Waals surface area contributed by atoms with Gasteiger partial charge in [-0.3, -0.25) is 0 Å². The molecule has 0 saturated heterocycles. The fourth-order valence-electron chi connectivity index (χ4n) is 8.46. The molecule has 8 aromatic carbocycles. The Morgan fingerprint density at radius 1 is 0.319 bits per heavy atom. The maximum absolute atomic E-state index is 2.43. The first-order valence-corrected chi connectivity index (χ1v) is 16.6. The average molecular weight is 597 g/mol. The van der Waals surface area contributed by atoms with E-state index in [-0.39, 0.29) is 5.41 Å². The van der Waals surface area contributed by atoms with Gasteiger partial charge in [-0.05, 0) is 112 Å². The third-order valence-corrected chi connectivity index (χ3v) is 10.9. The summed E-state index contributed by atoms with van der Waals surface area (Å²) in [4.78, 5) is 0. The van der Waals surface area contributed by atoms with Crippen LogP contribution >= 0.6 is 0 Å². The van der Waals surface area contributed by atoms with Gasteiger partial charge in [0.25, 0.3) is 0 Å². The van der Waals surface area contributed by atoms with E-state index in [1.165, 1.54) is 99.4 Å². The highest BCUT2D eigenvalue weighted by Gasteiger charge is 2.36. The molecule has 10 rings (SSSR count). The van der Waals surface area contributed by atoms with Gasteiger partial charge in [0.05, 0.1) is 0 Å². The topological polar surface area (TPSA) is 0 Å². The van der Waals surface area contributed by atoms with Crippen LogP contribution in [0.4, 0.5) is 0 Å². The lowest BCUT2D eigenvalue weighted by molar-refractivity contribution is 0.661. The molecule has 0 nitrogen and oxygen atoms in total. The monoisotopic (exact) mass is 596 g/mol. The van der Waals surface area contributed by atoms with Crippen molar-refractivity contribution in [1.82, 2.24) is 0 Å². The van der Waals surface area contributed by atoms with Crippen molar-refractivity contribution < 1.29 is 0 Å². The van der Waals surface area contributed by atoms with Crippen molar-refractivity contribution in [2.24, 2.45) is 0 Å². The molecule has 0 bridgehead atoms. The van der Waals surface area contributed by atoms with Gasteiger partial charge < -0.3 is 0 Å². The summed E-state index contributed by atoms with van der Waals surface area (Å²) in [5, 5.41) is 5.28. The van der Waals surface area contributed by atoms with Crippen molar-refractivity contribution in [2.45, 2.75) is 19.3 Å². The lowest BCUT2D eigenvalue weighted by atomic mass is 9.80. The summed E-state index contributed by atoms with van der Waals surface area (Å²) in [5.41, 5.74) is 18.4. The molecule has 0 aromatic heterocycles. The SMILES string of the molecule is CC1(C)c2cc(-c3ccc(-c4ccc5c6c(cccc46)-c4ccccc4-5)cc3)ccc2-c2ccc(-c3cccc4ccccc34)cc21. The van der Waals surface area contributed by atoms with Crippen LogP contribution in [0.5, 0.6) is 0 Å². The van der Waals surface area contributed by atoms with Crippen LogP contribution in [0.15, 0.2) is 158 Å². The van der Waals surface area contributed by atoms with E-state index in [1.54, 1.807) is 0 Å². The second-order valence-electron chi connectivity index (χ2n) is 13.7. The van der Waals surface area contributed by atoms with Crippen molar-refractivity contribution in [1.29, 1.82) is 0 Å². The zero-order valence-corrected chi connectivity index (χ0v) is 26.5. The van der Waals surface area contributed by atoms with Gasteiger partial charge in [0.1, 0.15) is 0 Å². The van der Waals surface area contributed by atoms with Crippen LogP contribution in [-0.4, -0.2) is 0 Å². The molecule has 2 aliphatic carbocycles. The Kier molecular flexibility index (Phi) is 5.44. The smallest absolute Gasteiger partial charge is 0.0159 e. The van der Waals surface area contributed by atoms with E-state index in [1.807, 2.05) is 0 Å². The van der Waals surface area contributed by atoms with Crippen molar-refractivity contribution in [2.75, 3.05) is 0 Å². The Bertz CT molecular complexity index is 2540. The molecule has 0 heterocycles. The predicted octanol–water partition coefficient (Wildman–Crippen LogP) is 12.9. The van der Waals surface area contributed by atoms with Crippen LogP contribution in [0.3, 0.4) is 0 Å². The Morgan fingerprint density at radius 3 is 1.57 bits per heavy atom. The minimum absolute atomic E-state index is 0.0938. The standard InChI is InChI=1S/C47H32/c1-47(2)44-27-32(21-23-39(44)40-24-22-33(28-45(40)47)35-14-7-10-30-9-3-4-11-34(30)35)29-17-19-31(20-18-29)36-25-26-43-38-13-6-5-12-37(38)42-16-8-15-41(36)46(42)43/h3-28H,1-2H3. The molecule has 220 valence electrons. The molecule has 0 saturated carbocycles. The van der Waals surface area contributed by atoms with Crippen molar-refractivity contribution >= 4 is 21.5 Å². The van der Waals surface area contributed by atoms with Crippen LogP contribution in [-0.2, 0) is 5.41 Å². The van der Waals surface area contributed by atoms with Crippen molar-refractivity contribution in [3.63, 3.8) is 0 Å². The second kappa shape index (κ2) is 9.64. The molecule has 0 spiro atoms. The van der Waals surface area contributed by atoms with E-state index >= 15 is 0 Å². The third-order valence-electron chi connectivity index (χ3n) is 10.9. The predicted molar refractivity (Wildman–Crippen MR) is 200 cm³/mol. The Labute approximate surface area is 275 Å². The first kappa shape index (κ1) is 26.5. The van der Waals surface area contributed by atoms with Crippen molar-refractivity contribution in [3.8, 4) is 66.8 Å². The van der Waals surface area contributed by atoms with E-state index < -0.39 is 0 Å². The van der Waals surface area contributed by atoms with E-state index in [2.05, 4.69) is 172 Å². The largest absolute Gasteiger partial charge is 0.0616 e. The minimum Gasteiger partial charge on any atom is -0.0616 e. The fourth-order valence-corrected chi connectivity index (χ4v) is 8.46. The van der Waals surface area contributed by atoms with Crippen LogP contribution < -0.4 is 0 Å². The van der Waals surface area contributed by atoms with E-state index in [0.717, 1.165) is 0 Å². The summed E-state index contributed by atoms with van der Waals surface area (Å²) in [5.74, 6) is 0. The molecule has 0 fully saturated rings. The molecular formula is C47H32. The van der Waals surface area contributed by atoms with Crippen LogP contribution in [0.25, 0.3) is 88.3 Å². The number of hydrogen-bond donors (Lipinski definition) is 0. The summed E-state index contributed by atoms with van der Waals surface area (Å²) >= 11 is 0. The zero-order chi connectivity index (χ0) is 31.3. The highest BCUT2D eigenvalue weighted by molar-refractivity contribution is 6.18. The van der Waals surface area contributed by atoms with Crippen LogP contribution in [0.1, 0.15) is 25.0 Å². The van der Waals surface area contributed by atoms with Gasteiger partial charge in [-0.15, -0.1) is 0 Å². The minimum atomic E-state index is -0.0938. The highest BCUT2D eigenvalue weighted by atomic mass is 14.4. The highest BCUT2D eigenvalue weighted by Crippen LogP contribution is 2.52. The lowest BCUT2D eigenvalue weighted by Gasteiger charge is -2.23. The van der Waals surface area contributed by atoms with E-state index in [9.17, 15) is 0 Å². The average Bonchev–Trinajstić information content (AvgIpc) is 3.57. The Hall–Kier alpha value is -5.72. The van der Waals surface area contributed by atoms with Crippen molar-refractivity contribution in [3.05, 3.63) is 169 Å². The molecule has 0 atom stereocenters. The van der Waals surface area contributed by atoms with Gasteiger partial charge in [-0.1, -0.05) is 159 Å². The normalized spacial score (nSPS) is 13.5. The van der Waals surface area contributed by atoms with Crippen LogP contribution in [0.2, 0.25) is 0 Å².